The molecule has 0 aromatic heterocycles. The minimum atomic E-state index is -0.756. The number of carbonyl (C=O) groups excluding carboxylic acids is 1. The predicted octanol–water partition coefficient (Wildman–Crippen LogP) is 7.10. The van der Waals surface area contributed by atoms with Crippen molar-refractivity contribution in [2.24, 2.45) is 46.3 Å². The maximum atomic E-state index is 11.8. The van der Waals surface area contributed by atoms with Crippen molar-refractivity contribution in [2.45, 2.75) is 112 Å². The van der Waals surface area contributed by atoms with Crippen LogP contribution in [0.5, 0.6) is 0 Å². The van der Waals surface area contributed by atoms with E-state index in [2.05, 4.69) is 59.8 Å². The van der Waals surface area contributed by atoms with Crippen molar-refractivity contribution < 1.29 is 14.6 Å². The number of hydrogen-bond acceptors (Lipinski definition) is 3. The van der Waals surface area contributed by atoms with E-state index in [9.17, 15) is 9.90 Å². The molecule has 9 atom stereocenters. The molecule has 3 nitrogen and oxygen atoms in total. The van der Waals surface area contributed by atoms with Crippen LogP contribution in [0.25, 0.3) is 0 Å². The molecule has 4 aliphatic carbocycles. The third-order valence-corrected chi connectivity index (χ3v) is 11.0. The van der Waals surface area contributed by atoms with Crippen molar-refractivity contribution in [3.63, 3.8) is 0 Å². The fraction of sp³-hybridized carbons (Fsp3) is 0.833. The lowest BCUT2D eigenvalue weighted by Gasteiger charge is -2.61. The summed E-state index contributed by atoms with van der Waals surface area (Å²) in [6, 6.07) is 0. The van der Waals surface area contributed by atoms with Crippen molar-refractivity contribution in [3.8, 4) is 0 Å². The first kappa shape index (κ1) is 25.0. The van der Waals surface area contributed by atoms with E-state index >= 15 is 0 Å². The van der Waals surface area contributed by atoms with Gasteiger partial charge in [0, 0.05) is 18.8 Å². The maximum Gasteiger partial charge on any atom is 0.302 e. The van der Waals surface area contributed by atoms with Gasteiger partial charge in [0.1, 0.15) is 6.10 Å². The van der Waals surface area contributed by atoms with Gasteiger partial charge in [-0.2, -0.15) is 0 Å². The van der Waals surface area contributed by atoms with Crippen LogP contribution in [0.2, 0.25) is 0 Å². The molecule has 1 N–H and O–H groups in total. The number of rotatable bonds is 5. The lowest BCUT2D eigenvalue weighted by Crippen LogP contribution is -2.60. The first-order valence-electron chi connectivity index (χ1n) is 13.7. The number of hydrogen-bond donors (Lipinski definition) is 1. The van der Waals surface area contributed by atoms with Gasteiger partial charge in [-0.05, 0) is 85.9 Å². The molecule has 0 heterocycles. The maximum absolute atomic E-state index is 11.8. The van der Waals surface area contributed by atoms with Crippen LogP contribution in [-0.4, -0.2) is 22.8 Å². The summed E-state index contributed by atoms with van der Waals surface area (Å²) in [4.78, 5) is 11.5. The minimum Gasteiger partial charge on any atom is -0.462 e. The molecule has 0 spiro atoms. The summed E-state index contributed by atoms with van der Waals surface area (Å²) in [5.41, 5.74) is 1.17. The van der Waals surface area contributed by atoms with Gasteiger partial charge in [-0.3, -0.25) is 4.79 Å². The number of ether oxygens (including phenoxy) is 1. The molecule has 0 radical (unpaired) electrons. The van der Waals surface area contributed by atoms with Crippen LogP contribution in [0.1, 0.15) is 99.8 Å². The Labute approximate surface area is 202 Å². The minimum absolute atomic E-state index is 0.106. The number of carbonyl (C=O) groups is 1. The van der Waals surface area contributed by atoms with Crippen LogP contribution in [-0.2, 0) is 9.53 Å². The van der Waals surface area contributed by atoms with Crippen molar-refractivity contribution >= 4 is 5.97 Å². The van der Waals surface area contributed by atoms with E-state index < -0.39 is 5.60 Å². The van der Waals surface area contributed by atoms with E-state index in [4.69, 9.17) is 4.74 Å². The van der Waals surface area contributed by atoms with E-state index in [1.807, 2.05) is 0 Å². The molecular formula is C30H48O3. The van der Waals surface area contributed by atoms with Gasteiger partial charge in [0.25, 0.3) is 0 Å². The second-order valence-corrected chi connectivity index (χ2v) is 13.0. The Kier molecular flexibility index (Phi) is 6.71. The number of fused-ring (bicyclic) bond motifs is 5. The van der Waals surface area contributed by atoms with Gasteiger partial charge >= 0.3 is 5.97 Å². The molecule has 0 aromatic carbocycles. The SMILES string of the molecule is CC(=O)O[C@@H]1CC[C@@]2(C)[C@@H]3CC[C@]4(C)[C@H](CC[C@@H]4[C@H](C)/C=C/[C@H](C)C(C)C)C3=CC[C@]2(O)C1. The molecule has 0 aromatic rings. The van der Waals surface area contributed by atoms with Gasteiger partial charge in [0.15, 0.2) is 0 Å². The molecule has 3 fully saturated rings. The molecule has 0 unspecified atom stereocenters. The fourth-order valence-electron chi connectivity index (χ4n) is 8.42. The number of allylic oxidation sites excluding steroid dienone is 3. The smallest absolute Gasteiger partial charge is 0.302 e. The number of esters is 1. The van der Waals surface area contributed by atoms with E-state index in [-0.39, 0.29) is 17.5 Å². The first-order valence-corrected chi connectivity index (χ1v) is 13.7. The van der Waals surface area contributed by atoms with Gasteiger partial charge in [0.05, 0.1) is 5.60 Å². The van der Waals surface area contributed by atoms with E-state index in [0.29, 0.717) is 47.8 Å². The quantitative estimate of drug-likeness (QED) is 0.354. The van der Waals surface area contributed by atoms with Crippen LogP contribution in [0.3, 0.4) is 0 Å². The zero-order valence-corrected chi connectivity index (χ0v) is 22.2. The average Bonchev–Trinajstić information content (AvgIpc) is 3.09. The van der Waals surface area contributed by atoms with E-state index in [1.165, 1.54) is 32.6 Å². The number of aliphatic hydroxyl groups is 1. The summed E-state index contributed by atoms with van der Waals surface area (Å²) in [7, 11) is 0. The second kappa shape index (κ2) is 8.85. The molecule has 3 saturated carbocycles. The lowest BCUT2D eigenvalue weighted by molar-refractivity contribution is -0.183. The zero-order valence-electron chi connectivity index (χ0n) is 22.2. The van der Waals surface area contributed by atoms with Crippen LogP contribution in [0.4, 0.5) is 0 Å². The van der Waals surface area contributed by atoms with Crippen molar-refractivity contribution in [1.29, 1.82) is 0 Å². The van der Waals surface area contributed by atoms with Gasteiger partial charge in [0.2, 0.25) is 0 Å². The third-order valence-electron chi connectivity index (χ3n) is 11.0. The van der Waals surface area contributed by atoms with E-state index in [1.54, 1.807) is 5.57 Å². The molecule has 4 aliphatic rings. The Bertz CT molecular complexity index is 811. The molecule has 0 amide bonds. The van der Waals surface area contributed by atoms with Crippen molar-refractivity contribution in [1.82, 2.24) is 0 Å². The molecule has 0 saturated heterocycles. The lowest BCUT2D eigenvalue weighted by atomic mass is 9.46. The predicted molar refractivity (Wildman–Crippen MR) is 135 cm³/mol. The summed E-state index contributed by atoms with van der Waals surface area (Å²) in [6.07, 6.45) is 15.5. The molecular weight excluding hydrogens is 408 g/mol. The largest absolute Gasteiger partial charge is 0.462 e. The summed E-state index contributed by atoms with van der Waals surface area (Å²) in [5, 5.41) is 11.8. The van der Waals surface area contributed by atoms with Gasteiger partial charge in [-0.25, -0.2) is 0 Å². The normalized spacial score (nSPS) is 44.6. The van der Waals surface area contributed by atoms with Crippen molar-refractivity contribution in [2.75, 3.05) is 0 Å². The highest BCUT2D eigenvalue weighted by Crippen LogP contribution is 2.67. The van der Waals surface area contributed by atoms with Crippen LogP contribution >= 0.6 is 0 Å². The highest BCUT2D eigenvalue weighted by Gasteiger charge is 2.62. The van der Waals surface area contributed by atoms with Gasteiger partial charge < -0.3 is 9.84 Å². The second-order valence-electron chi connectivity index (χ2n) is 13.0. The Hall–Kier alpha value is -1.09. The van der Waals surface area contributed by atoms with Crippen LogP contribution < -0.4 is 0 Å². The molecule has 3 heteroatoms. The molecule has 0 aliphatic heterocycles. The fourth-order valence-corrected chi connectivity index (χ4v) is 8.42. The molecule has 4 rings (SSSR count). The molecule has 33 heavy (non-hydrogen) atoms. The summed E-state index contributed by atoms with van der Waals surface area (Å²) in [5.74, 6) is 3.59. The Balaban J connectivity index is 1.55. The summed E-state index contributed by atoms with van der Waals surface area (Å²) >= 11 is 0. The highest BCUT2D eigenvalue weighted by molar-refractivity contribution is 5.66. The van der Waals surface area contributed by atoms with Crippen LogP contribution in [0, 0.1) is 46.3 Å². The highest BCUT2D eigenvalue weighted by atomic mass is 16.5. The summed E-state index contributed by atoms with van der Waals surface area (Å²) in [6.45, 7) is 15.8. The summed E-state index contributed by atoms with van der Waals surface area (Å²) < 4.78 is 5.54. The van der Waals surface area contributed by atoms with Gasteiger partial charge in [-0.15, -0.1) is 0 Å². The third kappa shape index (κ3) is 4.15. The zero-order chi connectivity index (χ0) is 24.2. The average molecular weight is 457 g/mol. The monoisotopic (exact) mass is 456 g/mol. The molecule has 0 bridgehead atoms. The standard InChI is InChI=1S/C30H48O3/c1-19(2)20(3)8-9-21(4)25-10-11-26-24-13-17-30(32)18-23(33-22(5)31)12-16-29(30,7)27(24)14-15-28(25,26)6/h8-9,13,19-21,23,25-27,32H,10-12,14-18H2,1-7H3/b9-8+/t20-,21+,23+,25+,26+,27+,28-,29-,30-/m0/s1. The van der Waals surface area contributed by atoms with Gasteiger partial charge in [-0.1, -0.05) is 65.3 Å². The van der Waals surface area contributed by atoms with Crippen LogP contribution in [0.15, 0.2) is 23.8 Å². The first-order chi connectivity index (χ1) is 15.4. The van der Waals surface area contributed by atoms with Crippen molar-refractivity contribution in [3.05, 3.63) is 23.8 Å². The van der Waals surface area contributed by atoms with E-state index in [0.717, 1.165) is 18.8 Å². The topological polar surface area (TPSA) is 46.5 Å². The Morgan fingerprint density at radius 3 is 2.45 bits per heavy atom. The Morgan fingerprint density at radius 1 is 1.06 bits per heavy atom. The molecule has 186 valence electrons. The Morgan fingerprint density at radius 2 is 1.79 bits per heavy atom.